The number of ketones is 1. The van der Waals surface area contributed by atoms with Crippen LogP contribution in [0.15, 0.2) is 42.0 Å². The van der Waals surface area contributed by atoms with Crippen molar-refractivity contribution >= 4 is 11.9 Å². The normalized spacial score (nSPS) is 27.8. The lowest BCUT2D eigenvalue weighted by atomic mass is 9.81. The van der Waals surface area contributed by atoms with Gasteiger partial charge in [-0.3, -0.25) is 9.69 Å². The number of rotatable bonds is 3. The summed E-state index contributed by atoms with van der Waals surface area (Å²) in [6, 6.07) is 12.3. The van der Waals surface area contributed by atoms with Gasteiger partial charge in [-0.25, -0.2) is 0 Å². The Bertz CT molecular complexity index is 1060. The van der Waals surface area contributed by atoms with Crippen molar-refractivity contribution in [2.45, 2.75) is 31.3 Å². The van der Waals surface area contributed by atoms with E-state index in [9.17, 15) is 4.79 Å². The molecule has 2 aromatic rings. The number of fused-ring (bicyclic) bond motifs is 4. The van der Waals surface area contributed by atoms with E-state index in [0.29, 0.717) is 6.42 Å². The Hall–Kier alpha value is -2.99. The Kier molecular flexibility index (Phi) is 4.03. The molecular weight excluding hydrogens is 382 g/mol. The molecule has 2 saturated heterocycles. The topological polar surface area (TPSA) is 57.2 Å². The molecule has 0 spiro atoms. The number of Topliss-reactive ketones (excluding diaryl/α,β-unsaturated/α-hetero) is 1. The van der Waals surface area contributed by atoms with Gasteiger partial charge < -0.3 is 18.9 Å². The lowest BCUT2D eigenvalue weighted by Crippen LogP contribution is -2.49. The van der Waals surface area contributed by atoms with Gasteiger partial charge in [0.15, 0.2) is 28.8 Å². The number of nitrogens with zero attached hydrogens (tertiary/aromatic N) is 1. The average molecular weight is 405 g/mol. The molecule has 0 aromatic heterocycles. The van der Waals surface area contributed by atoms with E-state index in [4.69, 9.17) is 18.9 Å². The van der Waals surface area contributed by atoms with E-state index in [1.165, 1.54) is 0 Å². The minimum Gasteiger partial charge on any atom is -0.454 e. The molecule has 3 unspecified atom stereocenters. The third-order valence-corrected chi connectivity index (χ3v) is 6.81. The molecule has 2 fully saturated rings. The molecule has 4 aliphatic heterocycles. The van der Waals surface area contributed by atoms with E-state index < -0.39 is 0 Å². The fourth-order valence-electron chi connectivity index (χ4n) is 5.28. The van der Waals surface area contributed by atoms with Gasteiger partial charge in [0, 0.05) is 23.6 Å². The minimum atomic E-state index is -0.0608. The second-order valence-electron chi connectivity index (χ2n) is 8.40. The van der Waals surface area contributed by atoms with Crippen molar-refractivity contribution in [3.05, 3.63) is 53.1 Å². The SMILES string of the molecule is CN1C2CCC1C(Cc1ccc3c(c1)OCO3)C(=O)/C2=C\c1ccc2c(c1)OCO2. The number of piperidine rings is 1. The fourth-order valence-corrected chi connectivity index (χ4v) is 5.28. The molecule has 0 N–H and O–H groups in total. The average Bonchev–Trinajstić information content (AvgIpc) is 3.47. The summed E-state index contributed by atoms with van der Waals surface area (Å²) in [5.74, 6) is 3.23. The molecule has 30 heavy (non-hydrogen) atoms. The van der Waals surface area contributed by atoms with Gasteiger partial charge in [-0.1, -0.05) is 12.1 Å². The predicted octanol–water partition coefficient (Wildman–Crippen LogP) is 3.43. The first kappa shape index (κ1) is 17.8. The van der Waals surface area contributed by atoms with E-state index in [0.717, 1.165) is 52.5 Å². The summed E-state index contributed by atoms with van der Waals surface area (Å²) in [6.07, 6.45) is 4.80. The van der Waals surface area contributed by atoms with E-state index >= 15 is 0 Å². The van der Waals surface area contributed by atoms with Crippen molar-refractivity contribution < 1.29 is 23.7 Å². The van der Waals surface area contributed by atoms with Crippen molar-refractivity contribution in [1.82, 2.24) is 4.90 Å². The molecule has 4 aliphatic rings. The molecule has 6 rings (SSSR count). The standard InChI is InChI=1S/C24H23NO5/c1-25-18-4-5-19(25)17(9-15-3-7-21-23(11-15)30-13-28-21)24(26)16(18)8-14-2-6-20-22(10-14)29-12-27-20/h2-3,6-8,10-11,17-19H,4-5,9,12-13H2,1H3/b16-8-. The highest BCUT2D eigenvalue weighted by atomic mass is 16.7. The van der Waals surface area contributed by atoms with Crippen molar-refractivity contribution in [2.75, 3.05) is 20.6 Å². The summed E-state index contributed by atoms with van der Waals surface area (Å²) in [5, 5.41) is 0. The lowest BCUT2D eigenvalue weighted by molar-refractivity contribution is -0.123. The highest BCUT2D eigenvalue weighted by Crippen LogP contribution is 2.42. The summed E-state index contributed by atoms with van der Waals surface area (Å²) in [5.41, 5.74) is 2.98. The maximum atomic E-state index is 13.6. The number of hydrogen-bond acceptors (Lipinski definition) is 6. The number of likely N-dealkylation sites (N-methyl/N-ethyl adjacent to an activating group) is 1. The third-order valence-electron chi connectivity index (χ3n) is 6.81. The minimum absolute atomic E-state index is 0.0608. The molecule has 0 amide bonds. The van der Waals surface area contributed by atoms with Gasteiger partial charge in [-0.15, -0.1) is 0 Å². The molecule has 0 radical (unpaired) electrons. The number of carbonyl (C=O) groups is 1. The van der Waals surface area contributed by atoms with E-state index in [1.807, 2.05) is 42.5 Å². The zero-order valence-corrected chi connectivity index (χ0v) is 16.8. The molecular formula is C24H23NO5. The van der Waals surface area contributed by atoms with E-state index in [2.05, 4.69) is 11.9 Å². The zero-order valence-electron chi connectivity index (χ0n) is 16.8. The number of hydrogen-bond donors (Lipinski definition) is 0. The molecule has 0 aliphatic carbocycles. The van der Waals surface area contributed by atoms with Gasteiger partial charge in [0.1, 0.15) is 0 Å². The van der Waals surface area contributed by atoms with Gasteiger partial charge in [0.25, 0.3) is 0 Å². The summed E-state index contributed by atoms with van der Waals surface area (Å²) < 4.78 is 21.9. The Labute approximate surface area is 175 Å². The maximum absolute atomic E-state index is 13.6. The second-order valence-corrected chi connectivity index (χ2v) is 8.40. The van der Waals surface area contributed by atoms with Crippen LogP contribution in [-0.2, 0) is 11.2 Å². The van der Waals surface area contributed by atoms with Crippen LogP contribution in [0.5, 0.6) is 23.0 Å². The van der Waals surface area contributed by atoms with Crippen molar-refractivity contribution in [1.29, 1.82) is 0 Å². The quantitative estimate of drug-likeness (QED) is 0.730. The Morgan fingerprint density at radius 3 is 2.43 bits per heavy atom. The molecule has 6 heteroatoms. The van der Waals surface area contributed by atoms with Crippen LogP contribution in [0.4, 0.5) is 0 Å². The number of benzene rings is 2. The van der Waals surface area contributed by atoms with Crippen LogP contribution in [0.2, 0.25) is 0 Å². The van der Waals surface area contributed by atoms with Crippen LogP contribution in [0, 0.1) is 5.92 Å². The summed E-state index contributed by atoms with van der Waals surface area (Å²) >= 11 is 0. The van der Waals surface area contributed by atoms with Crippen LogP contribution in [0.25, 0.3) is 6.08 Å². The fraction of sp³-hybridized carbons (Fsp3) is 0.375. The monoisotopic (exact) mass is 405 g/mol. The van der Waals surface area contributed by atoms with Gasteiger partial charge in [0.2, 0.25) is 13.6 Å². The van der Waals surface area contributed by atoms with Gasteiger partial charge in [-0.2, -0.15) is 0 Å². The van der Waals surface area contributed by atoms with Crippen LogP contribution < -0.4 is 18.9 Å². The smallest absolute Gasteiger partial charge is 0.231 e. The highest BCUT2D eigenvalue weighted by molar-refractivity contribution is 6.04. The molecule has 0 saturated carbocycles. The first-order valence-electron chi connectivity index (χ1n) is 10.4. The molecule has 4 heterocycles. The Balaban J connectivity index is 1.32. The van der Waals surface area contributed by atoms with Crippen molar-refractivity contribution in [3.8, 4) is 23.0 Å². The van der Waals surface area contributed by atoms with E-state index in [-0.39, 0.29) is 37.4 Å². The van der Waals surface area contributed by atoms with Crippen molar-refractivity contribution in [2.24, 2.45) is 5.92 Å². The van der Waals surface area contributed by atoms with Crippen LogP contribution in [-0.4, -0.2) is 43.4 Å². The third kappa shape index (κ3) is 2.78. The molecule has 2 bridgehead atoms. The lowest BCUT2D eigenvalue weighted by Gasteiger charge is -2.38. The highest BCUT2D eigenvalue weighted by Gasteiger charge is 2.47. The molecule has 154 valence electrons. The summed E-state index contributed by atoms with van der Waals surface area (Å²) in [6.45, 7) is 0.509. The first-order chi connectivity index (χ1) is 14.7. The molecule has 2 aromatic carbocycles. The maximum Gasteiger partial charge on any atom is 0.231 e. The Morgan fingerprint density at radius 2 is 1.63 bits per heavy atom. The van der Waals surface area contributed by atoms with Crippen LogP contribution >= 0.6 is 0 Å². The Morgan fingerprint density at radius 1 is 0.933 bits per heavy atom. The summed E-state index contributed by atoms with van der Waals surface area (Å²) in [4.78, 5) is 16.0. The van der Waals surface area contributed by atoms with Crippen LogP contribution in [0.1, 0.15) is 24.0 Å². The number of carbonyl (C=O) groups excluding carboxylic acids is 1. The number of ether oxygens (including phenoxy) is 4. The zero-order chi connectivity index (χ0) is 20.2. The van der Waals surface area contributed by atoms with Crippen molar-refractivity contribution in [3.63, 3.8) is 0 Å². The van der Waals surface area contributed by atoms with Crippen LogP contribution in [0.3, 0.4) is 0 Å². The van der Waals surface area contributed by atoms with E-state index in [1.54, 1.807) is 0 Å². The summed E-state index contributed by atoms with van der Waals surface area (Å²) in [7, 11) is 2.15. The van der Waals surface area contributed by atoms with Gasteiger partial charge in [0.05, 0.1) is 0 Å². The molecule has 3 atom stereocenters. The van der Waals surface area contributed by atoms with Gasteiger partial charge in [-0.05, 0) is 67.8 Å². The largest absolute Gasteiger partial charge is 0.454 e. The first-order valence-corrected chi connectivity index (χ1v) is 10.4. The molecule has 6 nitrogen and oxygen atoms in total. The van der Waals surface area contributed by atoms with Gasteiger partial charge >= 0.3 is 0 Å². The second kappa shape index (κ2) is 6.77. The predicted molar refractivity (Wildman–Crippen MR) is 110 cm³/mol.